The number of carbonyl (C=O) groups is 1. The zero-order valence-corrected chi connectivity index (χ0v) is 14.9. The zero-order chi connectivity index (χ0) is 17.5. The quantitative estimate of drug-likeness (QED) is 0.866. The van der Waals surface area contributed by atoms with Gasteiger partial charge in [0.15, 0.2) is 5.82 Å². The van der Waals surface area contributed by atoms with Crippen LogP contribution in [0.1, 0.15) is 44.7 Å². The lowest BCUT2D eigenvalue weighted by Gasteiger charge is -2.29. The van der Waals surface area contributed by atoms with Crippen LogP contribution < -0.4 is 5.32 Å². The molecule has 0 spiro atoms. The van der Waals surface area contributed by atoms with Gasteiger partial charge in [0.1, 0.15) is 5.52 Å². The van der Waals surface area contributed by atoms with Crippen molar-refractivity contribution >= 4 is 34.7 Å². The molecule has 5 nitrogen and oxygen atoms in total. The molecular weight excluding hydrogens is 329 g/mol. The molecule has 0 unspecified atom stereocenters. The molecule has 0 aliphatic heterocycles. The third kappa shape index (κ3) is 3.15. The summed E-state index contributed by atoms with van der Waals surface area (Å²) in [5.41, 5.74) is 0.201. The van der Waals surface area contributed by atoms with Crippen LogP contribution in [0.5, 0.6) is 0 Å². The molecule has 1 aliphatic rings. The van der Waals surface area contributed by atoms with Crippen molar-refractivity contribution in [3.63, 3.8) is 0 Å². The number of nitrogens with zero attached hydrogens (tertiary/aromatic N) is 2. The fourth-order valence-corrected chi connectivity index (χ4v) is 3.23. The van der Waals surface area contributed by atoms with E-state index in [1.54, 1.807) is 19.9 Å². The number of anilines is 1. The highest BCUT2D eigenvalue weighted by Crippen LogP contribution is 2.38. The van der Waals surface area contributed by atoms with Crippen LogP contribution in [-0.4, -0.2) is 32.6 Å². The maximum absolute atomic E-state index is 14.5. The number of hydrogen-bond donors (Lipinski definition) is 2. The van der Waals surface area contributed by atoms with Gasteiger partial charge in [-0.2, -0.15) is 11.8 Å². The van der Waals surface area contributed by atoms with Crippen molar-refractivity contribution in [1.82, 2.24) is 9.55 Å². The van der Waals surface area contributed by atoms with E-state index < -0.39 is 11.4 Å². The number of hydrogen-bond acceptors (Lipinski definition) is 4. The van der Waals surface area contributed by atoms with Crippen molar-refractivity contribution in [1.29, 1.82) is 0 Å². The van der Waals surface area contributed by atoms with Gasteiger partial charge in [0, 0.05) is 6.04 Å². The van der Waals surface area contributed by atoms with E-state index in [2.05, 4.69) is 10.3 Å². The summed E-state index contributed by atoms with van der Waals surface area (Å²) >= 11 is 1.42. The lowest BCUT2D eigenvalue weighted by Crippen LogP contribution is -2.23. The summed E-state index contributed by atoms with van der Waals surface area (Å²) in [5, 5.41) is 13.0. The Hall–Kier alpha value is -1.60. The molecule has 130 valence electrons. The zero-order valence-electron chi connectivity index (χ0n) is 14.1. The molecule has 1 aromatic heterocycles. The van der Waals surface area contributed by atoms with E-state index in [9.17, 15) is 14.3 Å². The Kier molecular flexibility index (Phi) is 4.57. The second kappa shape index (κ2) is 6.37. The molecule has 24 heavy (non-hydrogen) atoms. The Morgan fingerprint density at radius 3 is 2.75 bits per heavy atom. The fourth-order valence-electron chi connectivity index (χ4n) is 2.90. The average molecular weight is 351 g/mol. The monoisotopic (exact) mass is 351 g/mol. The predicted molar refractivity (Wildman–Crippen MR) is 94.8 cm³/mol. The summed E-state index contributed by atoms with van der Waals surface area (Å²) in [5.74, 6) is 0.0794. The van der Waals surface area contributed by atoms with E-state index >= 15 is 0 Å². The summed E-state index contributed by atoms with van der Waals surface area (Å²) in [4.78, 5) is 16.3. The van der Waals surface area contributed by atoms with E-state index in [0.717, 1.165) is 19.3 Å². The van der Waals surface area contributed by atoms with E-state index in [0.29, 0.717) is 22.8 Å². The Morgan fingerprint density at radius 2 is 2.21 bits per heavy atom. The molecule has 3 rings (SSSR count). The van der Waals surface area contributed by atoms with Gasteiger partial charge in [-0.25, -0.2) is 9.37 Å². The second-order valence-electron chi connectivity index (χ2n) is 6.76. The minimum atomic E-state index is -1.15. The highest BCUT2D eigenvalue weighted by atomic mass is 32.2. The number of carbonyl (C=O) groups excluding carboxylic acids is 1. The van der Waals surface area contributed by atoms with E-state index in [1.165, 1.54) is 17.8 Å². The molecule has 2 aromatic rings. The molecule has 1 aliphatic carbocycles. The van der Waals surface area contributed by atoms with Gasteiger partial charge in [0.25, 0.3) is 0 Å². The van der Waals surface area contributed by atoms with Crippen molar-refractivity contribution in [3.8, 4) is 0 Å². The van der Waals surface area contributed by atoms with E-state index in [1.807, 2.05) is 10.8 Å². The van der Waals surface area contributed by atoms with Gasteiger partial charge < -0.3 is 9.67 Å². The second-order valence-corrected chi connectivity index (χ2v) is 7.62. The van der Waals surface area contributed by atoms with Crippen LogP contribution in [0.2, 0.25) is 0 Å². The summed E-state index contributed by atoms with van der Waals surface area (Å²) < 4.78 is 16.4. The van der Waals surface area contributed by atoms with Gasteiger partial charge in [0.2, 0.25) is 11.9 Å². The van der Waals surface area contributed by atoms with E-state index in [4.69, 9.17) is 0 Å². The number of imidazole rings is 1. The van der Waals surface area contributed by atoms with Crippen LogP contribution in [0.4, 0.5) is 10.3 Å². The van der Waals surface area contributed by atoms with Crippen molar-refractivity contribution in [2.45, 2.75) is 44.8 Å². The molecule has 0 atom stereocenters. The third-order valence-electron chi connectivity index (χ3n) is 4.42. The summed E-state index contributed by atoms with van der Waals surface area (Å²) in [6, 6.07) is 3.29. The molecule has 7 heteroatoms. The molecule has 2 N–H and O–H groups in total. The van der Waals surface area contributed by atoms with Crippen molar-refractivity contribution in [2.75, 3.05) is 17.3 Å². The number of aromatic nitrogens is 2. The van der Waals surface area contributed by atoms with Crippen molar-refractivity contribution < 1.29 is 14.3 Å². The number of thioether (sulfide) groups is 1. The minimum Gasteiger partial charge on any atom is -0.386 e. The smallest absolute Gasteiger partial charge is 0.236 e. The lowest BCUT2D eigenvalue weighted by atomic mass is 9.92. The number of fused-ring (bicyclic) bond motifs is 1. The Balaban J connectivity index is 2.14. The first kappa shape index (κ1) is 17.2. The summed E-state index contributed by atoms with van der Waals surface area (Å²) in [6.45, 7) is 3.25. The van der Waals surface area contributed by atoms with Gasteiger partial charge in [-0.3, -0.25) is 10.1 Å². The molecule has 1 fully saturated rings. The number of halogens is 1. The first-order valence-corrected chi connectivity index (χ1v) is 9.43. The first-order chi connectivity index (χ1) is 11.3. The lowest BCUT2D eigenvalue weighted by molar-refractivity contribution is -0.113. The Morgan fingerprint density at radius 1 is 1.50 bits per heavy atom. The third-order valence-corrected chi connectivity index (χ3v) is 4.97. The standard InChI is InChI=1S/C17H22FN3O2S/c1-17(2,23)10-7-12(18)15-13(8-10)21(11-5-4-6-11)16(20-15)19-14(22)9-24-3/h7-8,11,23H,4-6,9H2,1-3H3,(H,19,20,22). The Bertz CT molecular complexity index is 778. The number of amides is 1. The highest BCUT2D eigenvalue weighted by Gasteiger charge is 2.28. The molecule has 1 aromatic carbocycles. The number of aliphatic hydroxyl groups is 1. The minimum absolute atomic E-state index is 0.151. The SMILES string of the molecule is CSCC(=O)Nc1nc2c(F)cc(C(C)(C)O)cc2n1C1CCC1. The molecule has 0 saturated heterocycles. The number of benzene rings is 1. The number of rotatable bonds is 5. The van der Waals surface area contributed by atoms with Crippen LogP contribution >= 0.6 is 11.8 Å². The average Bonchev–Trinajstić information content (AvgIpc) is 2.76. The molecular formula is C17H22FN3O2S. The van der Waals surface area contributed by atoms with Gasteiger partial charge in [-0.15, -0.1) is 0 Å². The van der Waals surface area contributed by atoms with Crippen LogP contribution in [0.15, 0.2) is 12.1 Å². The first-order valence-electron chi connectivity index (χ1n) is 8.04. The predicted octanol–water partition coefficient (Wildman–Crippen LogP) is 3.43. The van der Waals surface area contributed by atoms with Crippen LogP contribution in [0.25, 0.3) is 11.0 Å². The van der Waals surface area contributed by atoms with E-state index in [-0.39, 0.29) is 17.5 Å². The highest BCUT2D eigenvalue weighted by molar-refractivity contribution is 7.99. The van der Waals surface area contributed by atoms with Crippen LogP contribution in [-0.2, 0) is 10.4 Å². The van der Waals surface area contributed by atoms with Crippen molar-refractivity contribution in [3.05, 3.63) is 23.5 Å². The van der Waals surface area contributed by atoms with Gasteiger partial charge >= 0.3 is 0 Å². The van der Waals surface area contributed by atoms with Crippen LogP contribution in [0.3, 0.4) is 0 Å². The summed E-state index contributed by atoms with van der Waals surface area (Å²) in [7, 11) is 0. The summed E-state index contributed by atoms with van der Waals surface area (Å²) in [6.07, 6.45) is 4.91. The van der Waals surface area contributed by atoms with Crippen molar-refractivity contribution in [2.24, 2.45) is 0 Å². The normalized spacial score (nSPS) is 15.5. The maximum atomic E-state index is 14.5. The molecule has 1 amide bonds. The Labute approximate surface area is 144 Å². The van der Waals surface area contributed by atoms with Gasteiger partial charge in [0.05, 0.1) is 16.9 Å². The van der Waals surface area contributed by atoms with Crippen LogP contribution in [0, 0.1) is 5.82 Å². The number of nitrogens with one attached hydrogen (secondary N) is 1. The van der Waals surface area contributed by atoms with Gasteiger partial charge in [-0.05, 0) is 57.1 Å². The van der Waals surface area contributed by atoms with Gasteiger partial charge in [-0.1, -0.05) is 0 Å². The maximum Gasteiger partial charge on any atom is 0.236 e. The molecule has 1 heterocycles. The molecule has 1 saturated carbocycles. The topological polar surface area (TPSA) is 67.2 Å². The molecule has 0 bridgehead atoms. The fraction of sp³-hybridized carbons (Fsp3) is 0.529. The molecule has 0 radical (unpaired) electrons. The largest absolute Gasteiger partial charge is 0.386 e.